The van der Waals surface area contributed by atoms with Gasteiger partial charge in [0.05, 0.1) is 27.1 Å². The van der Waals surface area contributed by atoms with Crippen molar-refractivity contribution in [3.05, 3.63) is 0 Å². The number of methoxy groups -OCH3 is 2. The van der Waals surface area contributed by atoms with Crippen LogP contribution in [-0.2, 0) is 19.1 Å². The molecule has 1 aliphatic heterocycles. The molecule has 23 heavy (non-hydrogen) atoms. The molecule has 0 aliphatic carbocycles. The zero-order valence-electron chi connectivity index (χ0n) is 15.5. The van der Waals surface area contributed by atoms with Gasteiger partial charge in [-0.2, -0.15) is 0 Å². The Hall–Kier alpha value is -1.14. The molecule has 6 heteroatoms. The maximum atomic E-state index is 10.4. The van der Waals surface area contributed by atoms with Crippen LogP contribution in [0.2, 0.25) is 0 Å². The van der Waals surface area contributed by atoms with Gasteiger partial charge in [-0.15, -0.1) is 0 Å². The second-order valence-electron chi connectivity index (χ2n) is 6.97. The van der Waals surface area contributed by atoms with Crippen LogP contribution < -0.4 is 0 Å². The number of hydrogen-bond donors (Lipinski definition) is 1. The Kier molecular flexibility index (Phi) is 9.39. The highest BCUT2D eigenvalue weighted by Gasteiger charge is 2.40. The number of ether oxygens (including phenoxy) is 2. The zero-order chi connectivity index (χ0) is 18.1. The minimum Gasteiger partial charge on any atom is -0.469 e. The standard InChI is InChI=1S/C11H23NO.C6H10O4/c1-10(2,3)11(4,13)12-8-6-5-7-9-12;1-9-5(7)3-4-6(8)10-2/h13H,5-9H2,1-4H3;3-4H2,1-2H3. The minimum atomic E-state index is -0.659. The summed E-state index contributed by atoms with van der Waals surface area (Å²) in [7, 11) is 2.55. The zero-order valence-corrected chi connectivity index (χ0v) is 15.5. The average Bonchev–Trinajstić information content (AvgIpc) is 2.52. The van der Waals surface area contributed by atoms with Crippen molar-refractivity contribution in [3.8, 4) is 0 Å². The van der Waals surface area contributed by atoms with Gasteiger partial charge in [-0.25, -0.2) is 0 Å². The molecule has 6 nitrogen and oxygen atoms in total. The lowest BCUT2D eigenvalue weighted by Crippen LogP contribution is -2.56. The number of esters is 2. The molecule has 0 aromatic carbocycles. The maximum absolute atomic E-state index is 10.4. The summed E-state index contributed by atoms with van der Waals surface area (Å²) < 4.78 is 8.60. The van der Waals surface area contributed by atoms with Crippen molar-refractivity contribution in [1.82, 2.24) is 4.90 Å². The summed E-state index contributed by atoms with van der Waals surface area (Å²) in [6, 6.07) is 0. The van der Waals surface area contributed by atoms with E-state index in [1.165, 1.54) is 33.5 Å². The van der Waals surface area contributed by atoms with Crippen molar-refractivity contribution in [2.45, 2.75) is 65.5 Å². The summed E-state index contributed by atoms with van der Waals surface area (Å²) in [6.07, 6.45) is 3.95. The first-order valence-corrected chi connectivity index (χ1v) is 8.17. The van der Waals surface area contributed by atoms with Gasteiger partial charge < -0.3 is 14.6 Å². The number of piperidine rings is 1. The van der Waals surface area contributed by atoms with Crippen molar-refractivity contribution in [3.63, 3.8) is 0 Å². The number of nitrogens with zero attached hydrogens (tertiary/aromatic N) is 1. The molecular formula is C17H33NO5. The Labute approximate surface area is 140 Å². The highest BCUT2D eigenvalue weighted by atomic mass is 16.5. The summed E-state index contributed by atoms with van der Waals surface area (Å²) in [5.41, 5.74) is -0.724. The van der Waals surface area contributed by atoms with E-state index >= 15 is 0 Å². The van der Waals surface area contributed by atoms with E-state index in [0.29, 0.717) is 0 Å². The van der Waals surface area contributed by atoms with Crippen LogP contribution in [-0.4, -0.2) is 55.0 Å². The van der Waals surface area contributed by atoms with Crippen molar-refractivity contribution < 1.29 is 24.2 Å². The Bertz CT molecular complexity index is 352. The van der Waals surface area contributed by atoms with E-state index in [9.17, 15) is 14.7 Å². The molecule has 0 aromatic rings. The van der Waals surface area contributed by atoms with Gasteiger partial charge in [0.2, 0.25) is 0 Å². The third-order valence-electron chi connectivity index (χ3n) is 4.38. The van der Waals surface area contributed by atoms with Crippen LogP contribution in [0.15, 0.2) is 0 Å². The molecule has 1 fully saturated rings. The van der Waals surface area contributed by atoms with Crippen LogP contribution in [0.5, 0.6) is 0 Å². The SMILES string of the molecule is CC(C)(C)C(C)(O)N1CCCCC1.COC(=O)CCC(=O)OC. The van der Waals surface area contributed by atoms with Crippen LogP contribution in [0.1, 0.15) is 59.8 Å². The molecule has 1 saturated heterocycles. The Balaban J connectivity index is 0.000000438. The monoisotopic (exact) mass is 331 g/mol. The molecule has 1 aliphatic rings. The number of hydrogen-bond acceptors (Lipinski definition) is 6. The van der Waals surface area contributed by atoms with Crippen molar-refractivity contribution in [2.24, 2.45) is 5.41 Å². The first kappa shape index (κ1) is 21.9. The van der Waals surface area contributed by atoms with E-state index in [-0.39, 0.29) is 18.3 Å². The van der Waals surface area contributed by atoms with Crippen LogP contribution in [0.3, 0.4) is 0 Å². The molecule has 1 unspecified atom stereocenters. The van der Waals surface area contributed by atoms with Gasteiger partial charge in [-0.1, -0.05) is 27.2 Å². The molecule has 1 N–H and O–H groups in total. The van der Waals surface area contributed by atoms with E-state index < -0.39 is 17.7 Å². The molecule has 1 atom stereocenters. The van der Waals surface area contributed by atoms with E-state index in [2.05, 4.69) is 35.1 Å². The van der Waals surface area contributed by atoms with E-state index in [1.807, 2.05) is 6.92 Å². The fraction of sp³-hybridized carbons (Fsp3) is 0.882. The van der Waals surface area contributed by atoms with Gasteiger partial charge in [0, 0.05) is 18.5 Å². The lowest BCUT2D eigenvalue weighted by atomic mass is 9.82. The number of carbonyl (C=O) groups is 2. The molecule has 0 amide bonds. The largest absolute Gasteiger partial charge is 0.469 e. The Morgan fingerprint density at radius 2 is 1.30 bits per heavy atom. The fourth-order valence-electron chi connectivity index (χ4n) is 2.21. The Morgan fingerprint density at radius 3 is 1.61 bits per heavy atom. The van der Waals surface area contributed by atoms with Gasteiger partial charge >= 0.3 is 11.9 Å². The lowest BCUT2D eigenvalue weighted by Gasteiger charge is -2.47. The van der Waals surface area contributed by atoms with Gasteiger partial charge in [-0.3, -0.25) is 14.5 Å². The van der Waals surface area contributed by atoms with Crippen LogP contribution in [0.25, 0.3) is 0 Å². The first-order chi connectivity index (χ1) is 10.6. The molecule has 0 radical (unpaired) electrons. The molecule has 0 aromatic heterocycles. The summed E-state index contributed by atoms with van der Waals surface area (Å²) >= 11 is 0. The quantitative estimate of drug-likeness (QED) is 0.797. The van der Waals surface area contributed by atoms with Crippen molar-refractivity contribution in [2.75, 3.05) is 27.3 Å². The second kappa shape index (κ2) is 9.88. The van der Waals surface area contributed by atoms with Gasteiger partial charge in [-0.05, 0) is 19.8 Å². The highest BCUT2D eigenvalue weighted by Crippen LogP contribution is 2.34. The number of carbonyl (C=O) groups excluding carboxylic acids is 2. The molecule has 0 spiro atoms. The second-order valence-corrected chi connectivity index (χ2v) is 6.97. The lowest BCUT2D eigenvalue weighted by molar-refractivity contribution is -0.170. The minimum absolute atomic E-state index is 0.0651. The van der Waals surface area contributed by atoms with Crippen LogP contribution >= 0.6 is 0 Å². The van der Waals surface area contributed by atoms with Gasteiger partial charge in [0.25, 0.3) is 0 Å². The predicted molar refractivity (Wildman–Crippen MR) is 88.8 cm³/mol. The summed E-state index contributed by atoms with van der Waals surface area (Å²) in [4.78, 5) is 23.0. The number of likely N-dealkylation sites (tertiary alicyclic amines) is 1. The smallest absolute Gasteiger partial charge is 0.306 e. The summed E-state index contributed by atoms with van der Waals surface area (Å²) in [5.74, 6) is -0.796. The predicted octanol–water partition coefficient (Wildman–Crippen LogP) is 2.34. The van der Waals surface area contributed by atoms with E-state index in [0.717, 1.165) is 13.1 Å². The summed E-state index contributed by atoms with van der Waals surface area (Å²) in [6.45, 7) is 10.3. The molecule has 136 valence electrons. The van der Waals surface area contributed by atoms with Gasteiger partial charge in [0.15, 0.2) is 0 Å². The first-order valence-electron chi connectivity index (χ1n) is 8.17. The summed E-state index contributed by atoms with van der Waals surface area (Å²) in [5, 5.41) is 10.4. The third-order valence-corrected chi connectivity index (χ3v) is 4.38. The van der Waals surface area contributed by atoms with Crippen molar-refractivity contribution >= 4 is 11.9 Å². The van der Waals surface area contributed by atoms with Crippen LogP contribution in [0, 0.1) is 5.41 Å². The molecule has 0 saturated carbocycles. The Morgan fingerprint density at radius 1 is 0.913 bits per heavy atom. The van der Waals surface area contributed by atoms with Crippen LogP contribution in [0.4, 0.5) is 0 Å². The average molecular weight is 331 g/mol. The van der Waals surface area contributed by atoms with E-state index in [1.54, 1.807) is 0 Å². The maximum Gasteiger partial charge on any atom is 0.306 e. The molecular weight excluding hydrogens is 298 g/mol. The third kappa shape index (κ3) is 7.79. The fourth-order valence-corrected chi connectivity index (χ4v) is 2.21. The number of rotatable bonds is 4. The van der Waals surface area contributed by atoms with E-state index in [4.69, 9.17) is 0 Å². The topological polar surface area (TPSA) is 76.1 Å². The van der Waals surface area contributed by atoms with Gasteiger partial charge in [0.1, 0.15) is 5.72 Å². The molecule has 1 rings (SSSR count). The highest BCUT2D eigenvalue weighted by molar-refractivity contribution is 5.77. The number of aliphatic hydroxyl groups is 1. The van der Waals surface area contributed by atoms with Crippen molar-refractivity contribution in [1.29, 1.82) is 0 Å². The molecule has 1 heterocycles. The molecule has 0 bridgehead atoms. The normalized spacial score (nSPS) is 18.2.